The third kappa shape index (κ3) is 60.9. The quantitative estimate of drug-likeness (QED) is 0.0222. The fraction of sp³-hybridized carbons (Fsp3) is 0.940. The molecule has 0 saturated heterocycles. The molecule has 0 aliphatic heterocycles. The van der Waals surface area contributed by atoms with Gasteiger partial charge >= 0.3 is 39.5 Å². The zero-order chi connectivity index (χ0) is 63.5. The van der Waals surface area contributed by atoms with Crippen LogP contribution in [0.4, 0.5) is 0 Å². The van der Waals surface area contributed by atoms with E-state index in [9.17, 15) is 43.2 Å². The number of rotatable bonds is 67. The van der Waals surface area contributed by atoms with E-state index in [1.165, 1.54) is 154 Å². The summed E-state index contributed by atoms with van der Waals surface area (Å²) in [6.45, 7) is 7.19. The Morgan fingerprint density at radius 3 is 0.791 bits per heavy atom. The maximum absolute atomic E-state index is 13.0. The standard InChI is InChI=1S/C67H130O17P2/c1-6-9-12-15-18-20-21-28-32-36-41-46-51-65(70)78-57-63(84-67(72)53-48-43-38-33-29-26-24-22-23-25-27-31-35-39-44-49-60(4)5)59-82-86(75,76)80-55-61(68)54-79-85(73,74)81-58-62(56-77-64(69)50-45-40-34-17-14-11-8-3)83-66(71)52-47-42-37-30-19-16-13-10-7-2/h60-63,68H,6-59H2,1-5H3,(H,73,74)(H,75,76)/t61-,62+,63+/m0/s1. The van der Waals surface area contributed by atoms with Crippen LogP contribution in [-0.2, 0) is 65.4 Å². The van der Waals surface area contributed by atoms with Crippen molar-refractivity contribution in [2.45, 2.75) is 361 Å². The molecule has 0 aromatic carbocycles. The summed E-state index contributed by atoms with van der Waals surface area (Å²) >= 11 is 0. The van der Waals surface area contributed by atoms with Crippen LogP contribution in [0.3, 0.4) is 0 Å². The summed E-state index contributed by atoms with van der Waals surface area (Å²) in [4.78, 5) is 72.2. The lowest BCUT2D eigenvalue weighted by molar-refractivity contribution is -0.161. The van der Waals surface area contributed by atoms with Crippen molar-refractivity contribution < 1.29 is 80.2 Å². The number of esters is 4. The monoisotopic (exact) mass is 1270 g/mol. The van der Waals surface area contributed by atoms with Gasteiger partial charge in [-0.25, -0.2) is 9.13 Å². The van der Waals surface area contributed by atoms with Gasteiger partial charge in [0.15, 0.2) is 12.2 Å². The van der Waals surface area contributed by atoms with Crippen LogP contribution >= 0.6 is 15.6 Å². The molecule has 2 unspecified atom stereocenters. The molecule has 3 N–H and O–H groups in total. The predicted molar refractivity (Wildman–Crippen MR) is 345 cm³/mol. The minimum atomic E-state index is -4.95. The number of unbranched alkanes of at least 4 members (excludes halogenated alkanes) is 39. The van der Waals surface area contributed by atoms with Crippen molar-refractivity contribution in [2.24, 2.45) is 5.92 Å². The first-order chi connectivity index (χ1) is 41.5. The van der Waals surface area contributed by atoms with Gasteiger partial charge in [-0.1, -0.05) is 291 Å². The van der Waals surface area contributed by atoms with Gasteiger partial charge in [-0.2, -0.15) is 0 Å². The molecule has 17 nitrogen and oxygen atoms in total. The van der Waals surface area contributed by atoms with Crippen LogP contribution in [0, 0.1) is 5.92 Å². The molecule has 0 amide bonds. The van der Waals surface area contributed by atoms with Crippen LogP contribution in [0.1, 0.15) is 343 Å². The number of phosphoric ester groups is 2. The normalized spacial score (nSPS) is 14.2. The Kier molecular flexibility index (Phi) is 59.2. The van der Waals surface area contributed by atoms with Crippen LogP contribution in [0.15, 0.2) is 0 Å². The molecule has 5 atom stereocenters. The summed E-state index contributed by atoms with van der Waals surface area (Å²) in [6, 6.07) is 0. The average molecular weight is 1270 g/mol. The molecular weight excluding hydrogens is 1140 g/mol. The molecule has 0 aliphatic carbocycles. The molecular formula is C67H130O17P2. The highest BCUT2D eigenvalue weighted by Gasteiger charge is 2.30. The number of aliphatic hydroxyl groups excluding tert-OH is 1. The van der Waals surface area contributed by atoms with Gasteiger partial charge in [-0.15, -0.1) is 0 Å². The van der Waals surface area contributed by atoms with Crippen LogP contribution < -0.4 is 0 Å². The highest BCUT2D eigenvalue weighted by atomic mass is 31.2. The first-order valence-corrected chi connectivity index (χ1v) is 38.1. The molecule has 0 aliphatic rings. The maximum atomic E-state index is 13.0. The summed E-state index contributed by atoms with van der Waals surface area (Å²) in [5, 5.41) is 10.5. The second kappa shape index (κ2) is 60.6. The molecule has 0 rings (SSSR count). The summed E-state index contributed by atoms with van der Waals surface area (Å²) in [7, 11) is -9.88. The number of carbonyl (C=O) groups is 4. The van der Waals surface area contributed by atoms with E-state index in [2.05, 4.69) is 34.6 Å². The second-order valence-electron chi connectivity index (χ2n) is 24.7. The van der Waals surface area contributed by atoms with Gasteiger partial charge in [-0.3, -0.25) is 37.3 Å². The number of hydrogen-bond acceptors (Lipinski definition) is 15. The number of hydrogen-bond donors (Lipinski definition) is 3. The third-order valence-corrected chi connectivity index (χ3v) is 17.4. The summed E-state index contributed by atoms with van der Waals surface area (Å²) in [5.74, 6) is -1.33. The van der Waals surface area contributed by atoms with Crippen LogP contribution in [0.2, 0.25) is 0 Å². The van der Waals surface area contributed by atoms with Gasteiger partial charge in [0.05, 0.1) is 26.4 Å². The topological polar surface area (TPSA) is 237 Å². The van der Waals surface area contributed by atoms with Gasteiger partial charge in [0.2, 0.25) is 0 Å². The Bertz CT molecular complexity index is 1670. The Morgan fingerprint density at radius 1 is 0.314 bits per heavy atom. The summed E-state index contributed by atoms with van der Waals surface area (Å²) in [5.41, 5.74) is 0. The van der Waals surface area contributed by atoms with Crippen molar-refractivity contribution in [3.05, 3.63) is 0 Å². The fourth-order valence-corrected chi connectivity index (χ4v) is 11.7. The van der Waals surface area contributed by atoms with Crippen molar-refractivity contribution >= 4 is 39.5 Å². The molecule has 0 fully saturated rings. The molecule has 510 valence electrons. The number of ether oxygens (including phenoxy) is 4. The molecule has 0 saturated carbocycles. The molecule has 0 aromatic rings. The molecule has 0 aromatic heterocycles. The molecule has 0 radical (unpaired) electrons. The average Bonchev–Trinajstić information content (AvgIpc) is 3.55. The van der Waals surface area contributed by atoms with Crippen molar-refractivity contribution in [3.63, 3.8) is 0 Å². The van der Waals surface area contributed by atoms with Crippen molar-refractivity contribution in [3.8, 4) is 0 Å². The van der Waals surface area contributed by atoms with Gasteiger partial charge in [0.1, 0.15) is 19.3 Å². The Balaban J connectivity index is 5.17. The van der Waals surface area contributed by atoms with Gasteiger partial charge < -0.3 is 33.8 Å². The van der Waals surface area contributed by atoms with E-state index in [0.29, 0.717) is 25.7 Å². The minimum Gasteiger partial charge on any atom is -0.462 e. The van der Waals surface area contributed by atoms with E-state index in [1.807, 2.05) is 0 Å². The lowest BCUT2D eigenvalue weighted by Crippen LogP contribution is -2.30. The van der Waals surface area contributed by atoms with E-state index in [-0.39, 0.29) is 25.7 Å². The third-order valence-electron chi connectivity index (χ3n) is 15.5. The van der Waals surface area contributed by atoms with E-state index in [4.69, 9.17) is 37.0 Å². The zero-order valence-electron chi connectivity index (χ0n) is 55.4. The van der Waals surface area contributed by atoms with Gasteiger partial charge in [-0.05, 0) is 31.6 Å². The predicted octanol–water partition coefficient (Wildman–Crippen LogP) is 19.0. The van der Waals surface area contributed by atoms with E-state index in [1.54, 1.807) is 0 Å². The first kappa shape index (κ1) is 84.1. The molecule has 0 heterocycles. The summed E-state index contributed by atoms with van der Waals surface area (Å²) < 4.78 is 68.0. The highest BCUT2D eigenvalue weighted by Crippen LogP contribution is 2.45. The molecule has 86 heavy (non-hydrogen) atoms. The largest absolute Gasteiger partial charge is 0.472 e. The SMILES string of the molecule is CCCCCCCCCCCCCCC(=O)OC[C@H](COP(=O)(O)OC[C@@H](O)COP(=O)(O)OC[C@@H](COC(=O)CCCCCCCCC)OC(=O)CCCCCCCCCCC)OC(=O)CCCCCCCCCCCCCCCCCC(C)C. The Labute approximate surface area is 524 Å². The Hall–Kier alpha value is -1.94. The number of phosphoric acid groups is 2. The van der Waals surface area contributed by atoms with Crippen LogP contribution in [0.25, 0.3) is 0 Å². The lowest BCUT2D eigenvalue weighted by atomic mass is 10.0. The lowest BCUT2D eigenvalue weighted by Gasteiger charge is -2.21. The minimum absolute atomic E-state index is 0.106. The number of carbonyl (C=O) groups excluding carboxylic acids is 4. The smallest absolute Gasteiger partial charge is 0.462 e. The molecule has 0 spiro atoms. The zero-order valence-corrected chi connectivity index (χ0v) is 57.2. The first-order valence-electron chi connectivity index (χ1n) is 35.1. The number of aliphatic hydroxyl groups is 1. The molecule has 0 bridgehead atoms. The highest BCUT2D eigenvalue weighted by molar-refractivity contribution is 7.47. The van der Waals surface area contributed by atoms with E-state index >= 15 is 0 Å². The van der Waals surface area contributed by atoms with Crippen molar-refractivity contribution in [2.75, 3.05) is 39.6 Å². The maximum Gasteiger partial charge on any atom is 0.472 e. The van der Waals surface area contributed by atoms with Crippen LogP contribution in [0.5, 0.6) is 0 Å². The van der Waals surface area contributed by atoms with Crippen LogP contribution in [-0.4, -0.2) is 96.7 Å². The van der Waals surface area contributed by atoms with Crippen molar-refractivity contribution in [1.29, 1.82) is 0 Å². The van der Waals surface area contributed by atoms with E-state index < -0.39 is 97.5 Å². The van der Waals surface area contributed by atoms with E-state index in [0.717, 1.165) is 109 Å². The van der Waals surface area contributed by atoms with Gasteiger partial charge in [0.25, 0.3) is 0 Å². The van der Waals surface area contributed by atoms with Crippen molar-refractivity contribution in [1.82, 2.24) is 0 Å². The molecule has 19 heteroatoms. The Morgan fingerprint density at radius 2 is 0.535 bits per heavy atom. The fourth-order valence-electron chi connectivity index (χ4n) is 10.1. The summed E-state index contributed by atoms with van der Waals surface area (Å²) in [6.07, 6.45) is 45.9. The van der Waals surface area contributed by atoms with Gasteiger partial charge in [0, 0.05) is 25.7 Å². The second-order valence-corrected chi connectivity index (χ2v) is 27.6.